The highest BCUT2D eigenvalue weighted by Crippen LogP contribution is 2.36. The molecule has 0 spiro atoms. The molecule has 1 aliphatic rings. The van der Waals surface area contributed by atoms with Crippen LogP contribution < -0.4 is 16.4 Å². The van der Waals surface area contributed by atoms with E-state index in [-0.39, 0.29) is 33.0 Å². The zero-order chi connectivity index (χ0) is 42.6. The molecule has 0 saturated carbocycles. The molecule has 0 saturated heterocycles. The topological polar surface area (TPSA) is 321 Å². The monoisotopic (exact) mass is 898 g/mol. The maximum absolute atomic E-state index is 14.0. The van der Waals surface area contributed by atoms with Crippen molar-refractivity contribution in [2.75, 3.05) is 10.7 Å². The number of fused-ring (bicyclic) bond motifs is 2. The van der Waals surface area contributed by atoms with Gasteiger partial charge in [-0.25, -0.2) is 14.8 Å². The maximum Gasteiger partial charge on any atom is 0.337 e. The van der Waals surface area contributed by atoms with Crippen molar-refractivity contribution in [3.8, 4) is 10.6 Å². The summed E-state index contributed by atoms with van der Waals surface area (Å²) in [4.78, 5) is 43.1. The first kappa shape index (κ1) is 40.9. The number of aromatic carboxylic acids is 1. The number of hydrogen-bond donors (Lipinski definition) is 7. The Bertz CT molecular complexity index is 3280. The molecular weight excluding hydrogens is 876 g/mol. The van der Waals surface area contributed by atoms with E-state index < -0.39 is 74.4 Å². The molecule has 0 unspecified atom stereocenters. The van der Waals surface area contributed by atoms with Crippen molar-refractivity contribution in [2.24, 2.45) is 10.1 Å². The number of ketones is 1. The number of carboxylic acid groups (broad SMARTS) is 1. The van der Waals surface area contributed by atoms with Gasteiger partial charge in [0.2, 0.25) is 22.6 Å². The fourth-order valence-electron chi connectivity index (χ4n) is 5.72. The van der Waals surface area contributed by atoms with Crippen molar-refractivity contribution in [3.05, 3.63) is 111 Å². The first-order valence-electron chi connectivity index (χ1n) is 16.2. The molecule has 0 fully saturated rings. The largest absolute Gasteiger partial charge is 0.478 e. The fourth-order valence-corrected chi connectivity index (χ4v) is 8.86. The van der Waals surface area contributed by atoms with Crippen LogP contribution in [0, 0.1) is 6.92 Å². The van der Waals surface area contributed by atoms with Gasteiger partial charge in [-0.3, -0.25) is 28.9 Å². The first-order chi connectivity index (χ1) is 27.7. The van der Waals surface area contributed by atoms with E-state index >= 15 is 0 Å². The second kappa shape index (κ2) is 15.2. The highest BCUT2D eigenvalue weighted by Gasteiger charge is 2.36. The molecule has 6 aromatic rings. The summed E-state index contributed by atoms with van der Waals surface area (Å²) >= 11 is 7.53. The van der Waals surface area contributed by atoms with Gasteiger partial charge in [-0.05, 0) is 96.4 Å². The first-order valence-corrected chi connectivity index (χ1v) is 21.7. The molecule has 302 valence electrons. The van der Waals surface area contributed by atoms with Crippen LogP contribution in [0.1, 0.15) is 31.8 Å². The summed E-state index contributed by atoms with van der Waals surface area (Å²) < 4.78 is 103. The van der Waals surface area contributed by atoms with Crippen molar-refractivity contribution >= 4 is 110 Å². The number of carbonyl (C=O) groups excluding carboxylic acids is 1. The highest BCUT2D eigenvalue weighted by molar-refractivity contribution is 7.91. The smallest absolute Gasteiger partial charge is 0.337 e. The number of halogens is 1. The number of aromatic nitrogens is 4. The van der Waals surface area contributed by atoms with Crippen molar-refractivity contribution in [2.45, 2.75) is 16.7 Å². The number of hydrogen-bond acceptors (Lipinski definition) is 16. The quantitative estimate of drug-likeness (QED) is 0.0694. The predicted molar refractivity (Wildman–Crippen MR) is 214 cm³/mol. The van der Waals surface area contributed by atoms with Gasteiger partial charge in [0.05, 0.1) is 42.5 Å². The molecule has 20 nitrogen and oxygen atoms in total. The average molecular weight is 899 g/mol. The van der Waals surface area contributed by atoms with Crippen LogP contribution in [0.25, 0.3) is 26.9 Å². The number of rotatable bonds is 10. The van der Waals surface area contributed by atoms with Gasteiger partial charge in [-0.1, -0.05) is 12.1 Å². The standard InChI is InChI=1S/C34H23ClN8O12S4/c1-15-10-24-22(14-25(15)58(50,51)52)37-30(56-24)16-6-8-18(9-7-16)36-33-39-32(35)40-34(41-33)38-23-13-19(57(47,48)49)11-17-12-26(59(53,54)55)28(29(44)27(17)23)43-42-21-5-3-2-4-20(21)31(45)46/h2-14,42H,1H3,(H,45,46)(H,47,48,49)(H,50,51,52)(H,53,54,55)(H2,36,38,39,40,41)/b43-28+. The number of carboxylic acids is 1. The number of thiazole rings is 1. The van der Waals surface area contributed by atoms with Gasteiger partial charge in [-0.2, -0.15) is 40.3 Å². The number of carbonyl (C=O) groups is 2. The van der Waals surface area contributed by atoms with Gasteiger partial charge in [0.1, 0.15) is 9.91 Å². The summed E-state index contributed by atoms with van der Waals surface area (Å²) in [6, 6.07) is 16.4. The molecule has 2 aromatic heterocycles. The third kappa shape index (κ3) is 8.64. The number of aryl methyl sites for hydroxylation is 1. The van der Waals surface area contributed by atoms with Crippen LogP contribution in [0.2, 0.25) is 5.28 Å². The number of nitrogens with one attached hydrogen (secondary N) is 3. The third-order valence-corrected chi connectivity index (χ3v) is 12.3. The van der Waals surface area contributed by atoms with Crippen LogP contribution in [-0.2, 0) is 30.4 Å². The summed E-state index contributed by atoms with van der Waals surface area (Å²) in [5.74, 6) is -2.77. The number of aromatic amines is 1. The van der Waals surface area contributed by atoms with E-state index in [0.717, 1.165) is 12.1 Å². The summed E-state index contributed by atoms with van der Waals surface area (Å²) in [6.07, 6.45) is 0.711. The van der Waals surface area contributed by atoms with E-state index in [4.69, 9.17) is 11.6 Å². The Hall–Kier alpha value is -6.25. The molecule has 59 heavy (non-hydrogen) atoms. The highest BCUT2D eigenvalue weighted by atomic mass is 35.5. The molecule has 0 amide bonds. The van der Waals surface area contributed by atoms with Crippen molar-refractivity contribution in [3.63, 3.8) is 0 Å². The number of hydrazone groups is 1. The van der Waals surface area contributed by atoms with Gasteiger partial charge < -0.3 is 10.4 Å². The van der Waals surface area contributed by atoms with Gasteiger partial charge in [0, 0.05) is 11.3 Å². The number of para-hydroxylation sites is 1. The fraction of sp³-hybridized carbons (Fsp3) is 0.0294. The van der Waals surface area contributed by atoms with Crippen molar-refractivity contribution in [1.82, 2.24) is 19.9 Å². The van der Waals surface area contributed by atoms with E-state index in [9.17, 15) is 53.6 Å². The van der Waals surface area contributed by atoms with Crippen LogP contribution in [0.15, 0.2) is 97.6 Å². The number of nitrogens with zero attached hydrogens (tertiary/aromatic N) is 5. The SMILES string of the molecule is Cc1cc2sc(-c3ccc(Nc4nc(Cl)[nH]c(=Nc5cc(S(=O)(=O)O)cc6c5C(=O)/C(=N/Nc5ccccc5C(=O)O)C(S(=O)(=O)O)=C6)n4)cc3)nc2cc1S(=O)(=O)O. The Morgan fingerprint density at radius 3 is 2.25 bits per heavy atom. The molecule has 0 atom stereocenters. The van der Waals surface area contributed by atoms with Gasteiger partial charge in [0.15, 0.2) is 5.71 Å². The Labute approximate surface area is 341 Å². The Morgan fingerprint density at radius 1 is 0.881 bits per heavy atom. The lowest BCUT2D eigenvalue weighted by atomic mass is 9.93. The lowest BCUT2D eigenvalue weighted by Gasteiger charge is -2.18. The third-order valence-electron chi connectivity index (χ3n) is 8.31. The normalized spacial score (nSPS) is 14.3. The minimum Gasteiger partial charge on any atom is -0.478 e. The number of allylic oxidation sites excluding steroid dienone is 1. The van der Waals surface area contributed by atoms with Gasteiger partial charge in [0.25, 0.3) is 30.4 Å². The summed E-state index contributed by atoms with van der Waals surface area (Å²) in [5.41, 5.74) is 0.954. The minimum atomic E-state index is -5.25. The van der Waals surface area contributed by atoms with Crippen LogP contribution >= 0.6 is 22.9 Å². The molecule has 7 rings (SSSR count). The van der Waals surface area contributed by atoms with E-state index in [0.29, 0.717) is 38.1 Å². The van der Waals surface area contributed by atoms with E-state index in [1.165, 1.54) is 41.7 Å². The van der Waals surface area contributed by atoms with Crippen molar-refractivity contribution in [1.29, 1.82) is 0 Å². The summed E-state index contributed by atoms with van der Waals surface area (Å²) in [6.45, 7) is 1.55. The lowest BCUT2D eigenvalue weighted by molar-refractivity contribution is 0.0697. The predicted octanol–water partition coefficient (Wildman–Crippen LogP) is 5.10. The van der Waals surface area contributed by atoms with E-state index in [2.05, 4.69) is 40.8 Å². The minimum absolute atomic E-state index is 0.156. The molecule has 0 aliphatic heterocycles. The van der Waals surface area contributed by atoms with E-state index in [1.54, 1.807) is 37.3 Å². The van der Waals surface area contributed by atoms with E-state index in [1.807, 2.05) is 0 Å². The average Bonchev–Trinajstić information content (AvgIpc) is 3.55. The molecule has 4 aromatic carbocycles. The molecule has 7 N–H and O–H groups in total. The number of H-pyrrole nitrogens is 1. The number of Topliss-reactive ketones (excluding diaryl/α,β-unsaturated/α-hetero) is 1. The van der Waals surface area contributed by atoms with Crippen molar-refractivity contribution < 1.29 is 53.6 Å². The van der Waals surface area contributed by atoms with Crippen LogP contribution in [0.3, 0.4) is 0 Å². The number of anilines is 3. The zero-order valence-electron chi connectivity index (χ0n) is 29.3. The van der Waals surface area contributed by atoms with Gasteiger partial charge >= 0.3 is 5.97 Å². The Morgan fingerprint density at radius 2 is 1.59 bits per heavy atom. The molecule has 2 heterocycles. The van der Waals surface area contributed by atoms with Gasteiger partial charge in [-0.15, -0.1) is 11.3 Å². The maximum atomic E-state index is 14.0. The molecule has 25 heteroatoms. The summed E-state index contributed by atoms with van der Waals surface area (Å²) in [5, 5.41) is 16.5. The molecular formula is C34H23ClN8O12S4. The Balaban J connectivity index is 1.26. The molecule has 0 radical (unpaired) electrons. The zero-order valence-corrected chi connectivity index (χ0v) is 33.3. The van der Waals surface area contributed by atoms with Crippen LogP contribution in [0.4, 0.5) is 23.0 Å². The lowest BCUT2D eigenvalue weighted by Crippen LogP contribution is -2.28. The Kier molecular flexibility index (Phi) is 10.5. The summed E-state index contributed by atoms with van der Waals surface area (Å²) in [7, 11) is -14.7. The van der Waals surface area contributed by atoms with Crippen LogP contribution in [-0.4, -0.2) is 81.4 Å². The molecule has 1 aliphatic carbocycles. The van der Waals surface area contributed by atoms with Crippen LogP contribution in [0.5, 0.6) is 0 Å². The number of benzene rings is 4. The second-order valence-corrected chi connectivity index (χ2v) is 17.9. The second-order valence-electron chi connectivity index (χ2n) is 12.3. The molecule has 0 bridgehead atoms.